The van der Waals surface area contributed by atoms with Gasteiger partial charge < -0.3 is 10.0 Å². The Morgan fingerprint density at radius 1 is 1.23 bits per heavy atom. The number of aliphatic hydroxyl groups is 1. The van der Waals surface area contributed by atoms with E-state index in [1.54, 1.807) is 0 Å². The summed E-state index contributed by atoms with van der Waals surface area (Å²) in [5, 5.41) is 12.2. The molecule has 22 heavy (non-hydrogen) atoms. The van der Waals surface area contributed by atoms with Crippen LogP contribution in [0.2, 0.25) is 5.02 Å². The second kappa shape index (κ2) is 4.83. The van der Waals surface area contributed by atoms with E-state index in [0.29, 0.717) is 11.4 Å². The van der Waals surface area contributed by atoms with E-state index in [1.165, 1.54) is 0 Å². The van der Waals surface area contributed by atoms with Gasteiger partial charge in [-0.1, -0.05) is 47.5 Å². The van der Waals surface area contributed by atoms with Gasteiger partial charge in [-0.15, -0.1) is 0 Å². The molecule has 4 rings (SSSR count). The first-order chi connectivity index (χ1) is 10.6. The third kappa shape index (κ3) is 1.97. The topological polar surface area (TPSA) is 35.8 Å². The van der Waals surface area contributed by atoms with E-state index in [4.69, 9.17) is 11.6 Å². The molecule has 0 amide bonds. The first-order valence-corrected chi connectivity index (χ1v) is 7.86. The highest BCUT2D eigenvalue weighted by Crippen LogP contribution is 2.42. The number of amidine groups is 1. The average molecular weight is 313 g/mol. The van der Waals surface area contributed by atoms with E-state index >= 15 is 0 Å². The molecule has 0 bridgehead atoms. The molecule has 3 nitrogen and oxygen atoms in total. The van der Waals surface area contributed by atoms with Gasteiger partial charge in [-0.3, -0.25) is 4.99 Å². The highest BCUT2D eigenvalue weighted by Gasteiger charge is 2.48. The fourth-order valence-corrected chi connectivity index (χ4v) is 3.57. The minimum absolute atomic E-state index is 0.527. The molecule has 2 aromatic carbocycles. The number of aliphatic imine (C=N–C) groups is 1. The van der Waals surface area contributed by atoms with Gasteiger partial charge in [0, 0.05) is 29.1 Å². The molecule has 2 heterocycles. The Kier molecular flexibility index (Phi) is 3.03. The Morgan fingerprint density at radius 3 is 2.77 bits per heavy atom. The quantitative estimate of drug-likeness (QED) is 0.925. The predicted molar refractivity (Wildman–Crippen MR) is 88.3 cm³/mol. The van der Waals surface area contributed by atoms with Crippen molar-refractivity contribution in [2.24, 2.45) is 4.99 Å². The molecule has 112 valence electrons. The molecule has 1 unspecified atom stereocenters. The molecule has 0 aromatic heterocycles. The molecule has 1 N–H and O–H groups in total. The lowest BCUT2D eigenvalue weighted by atomic mass is 9.93. The zero-order valence-electron chi connectivity index (χ0n) is 12.4. The standard InChI is InChI=1S/C18H17ClN2O/c1-12-2-7-15-16(10-12)18(22,21-9-8-20-17(15)21)11-13-3-5-14(19)6-4-13/h2-7,10,22H,8-9,11H2,1H3. The maximum absolute atomic E-state index is 11.5. The van der Waals surface area contributed by atoms with Gasteiger partial charge in [-0.25, -0.2) is 0 Å². The second-order valence-corrected chi connectivity index (χ2v) is 6.46. The molecule has 2 aliphatic rings. The highest BCUT2D eigenvalue weighted by atomic mass is 35.5. The number of aryl methyl sites for hydroxylation is 1. The van der Waals surface area contributed by atoms with Crippen molar-refractivity contribution in [3.8, 4) is 0 Å². The van der Waals surface area contributed by atoms with Gasteiger partial charge in [0.1, 0.15) is 5.84 Å². The summed E-state index contributed by atoms with van der Waals surface area (Å²) < 4.78 is 0. The van der Waals surface area contributed by atoms with Crippen molar-refractivity contribution in [3.05, 3.63) is 69.7 Å². The van der Waals surface area contributed by atoms with Crippen LogP contribution in [0.3, 0.4) is 0 Å². The van der Waals surface area contributed by atoms with Gasteiger partial charge >= 0.3 is 0 Å². The van der Waals surface area contributed by atoms with Crippen LogP contribution in [0.4, 0.5) is 0 Å². The Morgan fingerprint density at radius 2 is 2.00 bits per heavy atom. The Bertz CT molecular complexity index is 769. The first kappa shape index (κ1) is 13.8. The molecular weight excluding hydrogens is 296 g/mol. The SMILES string of the molecule is Cc1ccc2c(c1)C(O)(Cc1ccc(Cl)cc1)N1CCN=C21. The van der Waals surface area contributed by atoms with Crippen molar-refractivity contribution in [2.45, 2.75) is 19.1 Å². The summed E-state index contributed by atoms with van der Waals surface area (Å²) in [5.74, 6) is 0.923. The van der Waals surface area contributed by atoms with E-state index in [0.717, 1.165) is 41.2 Å². The molecule has 2 aliphatic heterocycles. The zero-order chi connectivity index (χ0) is 15.3. The Balaban J connectivity index is 1.81. The minimum Gasteiger partial charge on any atom is -0.366 e. The van der Waals surface area contributed by atoms with Gasteiger partial charge in [-0.05, 0) is 24.6 Å². The van der Waals surface area contributed by atoms with Crippen LogP contribution >= 0.6 is 11.6 Å². The van der Waals surface area contributed by atoms with E-state index < -0.39 is 5.72 Å². The number of hydrogen-bond donors (Lipinski definition) is 1. The van der Waals surface area contributed by atoms with Crippen LogP contribution in [0.15, 0.2) is 47.5 Å². The maximum Gasteiger partial charge on any atom is 0.170 e. The molecule has 0 radical (unpaired) electrons. The van der Waals surface area contributed by atoms with Crippen molar-refractivity contribution >= 4 is 17.4 Å². The summed E-state index contributed by atoms with van der Waals surface area (Å²) in [6.07, 6.45) is 0.527. The third-order valence-electron chi connectivity index (χ3n) is 4.50. The van der Waals surface area contributed by atoms with Crippen molar-refractivity contribution in [1.29, 1.82) is 0 Å². The summed E-state index contributed by atoms with van der Waals surface area (Å²) in [5.41, 5.74) is 3.20. The molecule has 4 heteroatoms. The lowest BCUT2D eigenvalue weighted by molar-refractivity contribution is -0.0638. The lowest BCUT2D eigenvalue weighted by Crippen LogP contribution is -2.44. The van der Waals surface area contributed by atoms with Crippen LogP contribution in [0.5, 0.6) is 0 Å². The molecule has 0 fully saturated rings. The van der Waals surface area contributed by atoms with E-state index in [-0.39, 0.29) is 0 Å². The molecular formula is C18H17ClN2O. The summed E-state index contributed by atoms with van der Waals surface area (Å²) in [6.45, 7) is 3.55. The number of nitrogens with zero attached hydrogens (tertiary/aromatic N) is 2. The number of halogens is 1. The van der Waals surface area contributed by atoms with Crippen LogP contribution in [0.25, 0.3) is 0 Å². The summed E-state index contributed by atoms with van der Waals surface area (Å²) in [7, 11) is 0. The van der Waals surface area contributed by atoms with Crippen molar-refractivity contribution in [3.63, 3.8) is 0 Å². The smallest absolute Gasteiger partial charge is 0.170 e. The highest BCUT2D eigenvalue weighted by molar-refractivity contribution is 6.30. The van der Waals surface area contributed by atoms with Crippen LogP contribution in [0, 0.1) is 6.92 Å². The van der Waals surface area contributed by atoms with Gasteiger partial charge in [0.25, 0.3) is 0 Å². The molecule has 0 saturated heterocycles. The number of rotatable bonds is 2. The van der Waals surface area contributed by atoms with Crippen LogP contribution < -0.4 is 0 Å². The monoisotopic (exact) mass is 312 g/mol. The zero-order valence-corrected chi connectivity index (χ0v) is 13.1. The van der Waals surface area contributed by atoms with Gasteiger partial charge in [0.15, 0.2) is 5.72 Å². The summed E-state index contributed by atoms with van der Waals surface area (Å²) >= 11 is 5.96. The van der Waals surface area contributed by atoms with Crippen LogP contribution in [-0.4, -0.2) is 28.9 Å². The van der Waals surface area contributed by atoms with Crippen LogP contribution in [-0.2, 0) is 12.1 Å². The molecule has 1 atom stereocenters. The maximum atomic E-state index is 11.5. The fraction of sp³-hybridized carbons (Fsp3) is 0.278. The molecule has 0 spiro atoms. The normalized spacial score (nSPS) is 22.5. The lowest BCUT2D eigenvalue weighted by Gasteiger charge is -2.33. The predicted octanol–water partition coefficient (Wildman–Crippen LogP) is 3.11. The Hall–Kier alpha value is -1.84. The Labute approximate surface area is 134 Å². The first-order valence-electron chi connectivity index (χ1n) is 7.48. The average Bonchev–Trinajstić information content (AvgIpc) is 3.06. The number of fused-ring (bicyclic) bond motifs is 3. The van der Waals surface area contributed by atoms with E-state index in [2.05, 4.69) is 23.2 Å². The van der Waals surface area contributed by atoms with Crippen molar-refractivity contribution in [2.75, 3.05) is 13.1 Å². The van der Waals surface area contributed by atoms with E-state index in [9.17, 15) is 5.11 Å². The minimum atomic E-state index is -1.02. The van der Waals surface area contributed by atoms with E-state index in [1.807, 2.05) is 36.1 Å². The number of benzene rings is 2. The summed E-state index contributed by atoms with van der Waals surface area (Å²) in [4.78, 5) is 6.61. The van der Waals surface area contributed by atoms with Crippen LogP contribution in [0.1, 0.15) is 22.3 Å². The summed E-state index contributed by atoms with van der Waals surface area (Å²) in [6, 6.07) is 13.9. The number of hydrogen-bond acceptors (Lipinski definition) is 3. The van der Waals surface area contributed by atoms with Crippen molar-refractivity contribution < 1.29 is 5.11 Å². The van der Waals surface area contributed by atoms with Gasteiger partial charge in [-0.2, -0.15) is 0 Å². The molecule has 0 aliphatic carbocycles. The second-order valence-electron chi connectivity index (χ2n) is 6.03. The van der Waals surface area contributed by atoms with Gasteiger partial charge in [0.2, 0.25) is 0 Å². The van der Waals surface area contributed by atoms with Crippen molar-refractivity contribution in [1.82, 2.24) is 4.90 Å². The van der Waals surface area contributed by atoms with Gasteiger partial charge in [0.05, 0.1) is 6.54 Å². The largest absolute Gasteiger partial charge is 0.366 e. The molecule has 0 saturated carbocycles. The fourth-order valence-electron chi connectivity index (χ4n) is 3.45. The molecule has 2 aromatic rings. The third-order valence-corrected chi connectivity index (χ3v) is 4.75.